The molecule has 3 heterocycles. The van der Waals surface area contributed by atoms with Crippen molar-refractivity contribution in [2.75, 3.05) is 0 Å². The lowest BCUT2D eigenvalue weighted by atomic mass is 10.1. The molecule has 8 heteroatoms. The fourth-order valence-electron chi connectivity index (χ4n) is 2.77. The van der Waals surface area contributed by atoms with Gasteiger partial charge in [0.2, 0.25) is 5.56 Å². The van der Waals surface area contributed by atoms with Crippen molar-refractivity contribution in [2.24, 2.45) is 0 Å². The predicted molar refractivity (Wildman–Crippen MR) is 97.6 cm³/mol. The highest BCUT2D eigenvalue weighted by atomic mass is 32.1. The van der Waals surface area contributed by atoms with E-state index in [1.807, 2.05) is 17.5 Å². The summed E-state index contributed by atoms with van der Waals surface area (Å²) in [5, 5.41) is 12.2. The van der Waals surface area contributed by atoms with Gasteiger partial charge in [-0.2, -0.15) is 5.10 Å². The van der Waals surface area contributed by atoms with Crippen LogP contribution >= 0.6 is 11.3 Å². The van der Waals surface area contributed by atoms with Crippen LogP contribution in [0.2, 0.25) is 0 Å². The molecule has 3 N–H and O–H groups in total. The number of nitrogens with zero attached hydrogens (tertiary/aromatic N) is 1. The summed E-state index contributed by atoms with van der Waals surface area (Å²) in [6.45, 7) is 0.248. The van der Waals surface area contributed by atoms with Crippen molar-refractivity contribution >= 4 is 28.1 Å². The zero-order valence-electron chi connectivity index (χ0n) is 13.4. The van der Waals surface area contributed by atoms with Crippen LogP contribution in [0.5, 0.6) is 0 Å². The Morgan fingerprint density at radius 1 is 1.27 bits per heavy atom. The Kier molecular flexibility index (Phi) is 4.10. The number of aromatic nitrogens is 3. The summed E-state index contributed by atoms with van der Waals surface area (Å²) in [6, 6.07) is 9.03. The molecule has 1 amide bonds. The van der Waals surface area contributed by atoms with Crippen LogP contribution in [0.25, 0.3) is 21.5 Å². The molecule has 3 aromatic heterocycles. The number of fused-ring (bicyclic) bond motifs is 1. The summed E-state index contributed by atoms with van der Waals surface area (Å²) in [6.07, 6.45) is 1.65. The Bertz CT molecular complexity index is 1150. The number of carbonyl (C=O) groups excluding carboxylic acids is 1. The Morgan fingerprint density at radius 3 is 2.96 bits per heavy atom. The second kappa shape index (κ2) is 6.57. The maximum Gasteiger partial charge on any atom is 0.252 e. The molecule has 0 aliphatic carbocycles. The van der Waals surface area contributed by atoms with Crippen LogP contribution in [0.15, 0.2) is 52.8 Å². The van der Waals surface area contributed by atoms with Crippen molar-refractivity contribution in [3.8, 4) is 10.6 Å². The third-order valence-corrected chi connectivity index (χ3v) is 4.86. The number of carbonyl (C=O) groups is 1. The first-order chi connectivity index (χ1) is 12.6. The van der Waals surface area contributed by atoms with Crippen LogP contribution in [0.4, 0.5) is 4.39 Å². The molecule has 26 heavy (non-hydrogen) atoms. The molecule has 0 spiro atoms. The van der Waals surface area contributed by atoms with Crippen LogP contribution in [-0.2, 0) is 6.54 Å². The molecule has 0 saturated heterocycles. The van der Waals surface area contributed by atoms with Gasteiger partial charge in [-0.15, -0.1) is 11.3 Å². The Hall–Kier alpha value is -3.26. The van der Waals surface area contributed by atoms with E-state index >= 15 is 0 Å². The summed E-state index contributed by atoms with van der Waals surface area (Å²) in [7, 11) is 0. The molecule has 0 atom stereocenters. The molecule has 1 aromatic carbocycles. The number of hydrogen-bond acceptors (Lipinski definition) is 4. The second-order valence-electron chi connectivity index (χ2n) is 5.67. The van der Waals surface area contributed by atoms with Crippen LogP contribution in [0, 0.1) is 5.82 Å². The van der Waals surface area contributed by atoms with Gasteiger partial charge in [0.15, 0.2) is 0 Å². The van der Waals surface area contributed by atoms with E-state index < -0.39 is 17.3 Å². The van der Waals surface area contributed by atoms with Gasteiger partial charge in [0.1, 0.15) is 5.82 Å². The zero-order valence-corrected chi connectivity index (χ0v) is 14.2. The number of halogens is 1. The van der Waals surface area contributed by atoms with E-state index in [9.17, 15) is 14.0 Å². The van der Waals surface area contributed by atoms with Crippen molar-refractivity contribution in [3.05, 3.63) is 75.3 Å². The number of benzene rings is 1. The molecule has 4 rings (SSSR count). The SMILES string of the molecule is O=C(NCc1cn[nH]c1-c1cccs1)c1cc(=O)[nH]c2cc(F)ccc12. The first-order valence-corrected chi connectivity index (χ1v) is 8.67. The summed E-state index contributed by atoms with van der Waals surface area (Å²) < 4.78 is 13.4. The minimum absolute atomic E-state index is 0.199. The minimum atomic E-state index is -0.482. The Balaban J connectivity index is 1.61. The number of hydrogen-bond donors (Lipinski definition) is 3. The van der Waals surface area contributed by atoms with Gasteiger partial charge in [-0.05, 0) is 29.6 Å². The lowest BCUT2D eigenvalue weighted by molar-refractivity contribution is 0.0952. The maximum absolute atomic E-state index is 13.4. The minimum Gasteiger partial charge on any atom is -0.348 e. The predicted octanol–water partition coefficient (Wildman–Crippen LogP) is 3.05. The van der Waals surface area contributed by atoms with Crippen molar-refractivity contribution in [1.29, 1.82) is 0 Å². The molecular weight excluding hydrogens is 355 g/mol. The summed E-state index contributed by atoms with van der Waals surface area (Å²) in [4.78, 5) is 27.9. The largest absolute Gasteiger partial charge is 0.348 e. The Morgan fingerprint density at radius 2 is 2.15 bits per heavy atom. The third-order valence-electron chi connectivity index (χ3n) is 3.97. The van der Waals surface area contributed by atoms with E-state index in [1.54, 1.807) is 17.5 Å². The molecule has 6 nitrogen and oxygen atoms in total. The molecular formula is C18H13FN4O2S. The zero-order chi connectivity index (χ0) is 18.1. The average Bonchev–Trinajstić information content (AvgIpc) is 3.29. The van der Waals surface area contributed by atoms with Gasteiger partial charge < -0.3 is 10.3 Å². The van der Waals surface area contributed by atoms with Crippen molar-refractivity contribution in [2.45, 2.75) is 6.54 Å². The number of thiophene rings is 1. The smallest absolute Gasteiger partial charge is 0.252 e. The number of amides is 1. The van der Waals surface area contributed by atoms with E-state index in [0.717, 1.165) is 16.1 Å². The lowest BCUT2D eigenvalue weighted by Gasteiger charge is -2.08. The molecule has 0 aliphatic rings. The van der Waals surface area contributed by atoms with E-state index in [4.69, 9.17) is 0 Å². The van der Waals surface area contributed by atoms with Gasteiger partial charge in [0, 0.05) is 23.6 Å². The fourth-order valence-corrected chi connectivity index (χ4v) is 3.53. The molecule has 130 valence electrons. The highest BCUT2D eigenvalue weighted by Crippen LogP contribution is 2.25. The molecule has 0 aliphatic heterocycles. The number of pyridine rings is 1. The monoisotopic (exact) mass is 368 g/mol. The van der Waals surface area contributed by atoms with Gasteiger partial charge in [0.25, 0.3) is 5.91 Å². The van der Waals surface area contributed by atoms with Crippen LogP contribution in [0.3, 0.4) is 0 Å². The van der Waals surface area contributed by atoms with E-state index in [0.29, 0.717) is 5.39 Å². The quantitative estimate of drug-likeness (QED) is 0.517. The number of H-pyrrole nitrogens is 2. The third kappa shape index (κ3) is 3.02. The van der Waals surface area contributed by atoms with Crippen LogP contribution in [-0.4, -0.2) is 21.1 Å². The van der Waals surface area contributed by atoms with Crippen molar-refractivity contribution in [3.63, 3.8) is 0 Å². The standard InChI is InChI=1S/C18H13FN4O2S/c19-11-3-4-12-13(7-16(24)22-14(12)6-11)18(25)20-8-10-9-21-23-17(10)15-2-1-5-26-15/h1-7,9H,8H2,(H,20,25)(H,21,23)(H,22,24). The lowest BCUT2D eigenvalue weighted by Crippen LogP contribution is -2.25. The molecule has 0 fully saturated rings. The van der Waals surface area contributed by atoms with Gasteiger partial charge in [-0.1, -0.05) is 6.07 Å². The first kappa shape index (κ1) is 16.2. The number of aromatic amines is 2. The normalized spacial score (nSPS) is 11.0. The fraction of sp³-hybridized carbons (Fsp3) is 0.0556. The highest BCUT2D eigenvalue weighted by molar-refractivity contribution is 7.13. The van der Waals surface area contributed by atoms with Crippen molar-refractivity contribution in [1.82, 2.24) is 20.5 Å². The molecule has 0 unspecified atom stereocenters. The number of rotatable bonds is 4. The topological polar surface area (TPSA) is 90.6 Å². The van der Waals surface area contributed by atoms with Gasteiger partial charge >= 0.3 is 0 Å². The van der Waals surface area contributed by atoms with Crippen LogP contribution in [0.1, 0.15) is 15.9 Å². The average molecular weight is 368 g/mol. The number of nitrogens with one attached hydrogen (secondary N) is 3. The van der Waals surface area contributed by atoms with Crippen LogP contribution < -0.4 is 10.9 Å². The van der Waals surface area contributed by atoms with E-state index in [1.165, 1.54) is 24.3 Å². The Labute approximate surface area is 150 Å². The molecule has 4 aromatic rings. The molecule has 0 saturated carbocycles. The highest BCUT2D eigenvalue weighted by Gasteiger charge is 2.14. The van der Waals surface area contributed by atoms with Gasteiger partial charge in [0.05, 0.1) is 27.8 Å². The van der Waals surface area contributed by atoms with Crippen molar-refractivity contribution < 1.29 is 9.18 Å². The van der Waals surface area contributed by atoms with Gasteiger partial charge in [-0.3, -0.25) is 14.7 Å². The first-order valence-electron chi connectivity index (χ1n) is 7.79. The molecule has 0 bridgehead atoms. The summed E-state index contributed by atoms with van der Waals surface area (Å²) in [5.74, 6) is -0.893. The maximum atomic E-state index is 13.4. The second-order valence-corrected chi connectivity index (χ2v) is 6.62. The van der Waals surface area contributed by atoms with E-state index in [2.05, 4.69) is 20.5 Å². The van der Waals surface area contributed by atoms with E-state index in [-0.39, 0.29) is 17.6 Å². The molecule has 0 radical (unpaired) electrons. The summed E-state index contributed by atoms with van der Waals surface area (Å²) in [5.41, 5.74) is 1.70. The summed E-state index contributed by atoms with van der Waals surface area (Å²) >= 11 is 1.57. The van der Waals surface area contributed by atoms with Gasteiger partial charge in [-0.25, -0.2) is 4.39 Å².